The van der Waals surface area contributed by atoms with Crippen LogP contribution >= 0.6 is 0 Å². The second-order valence-electron chi connectivity index (χ2n) is 7.21. The molecule has 0 unspecified atom stereocenters. The highest BCUT2D eigenvalue weighted by Crippen LogP contribution is 2.24. The minimum atomic E-state index is -0.0610. The number of aromatic amines is 1. The van der Waals surface area contributed by atoms with Gasteiger partial charge in [0.05, 0.1) is 25.8 Å². The Labute approximate surface area is 170 Å². The molecule has 1 aliphatic rings. The molecule has 4 rings (SSSR count). The summed E-state index contributed by atoms with van der Waals surface area (Å²) in [6.07, 6.45) is 0. The number of benzene rings is 2. The Hall–Kier alpha value is -2.99. The molecule has 0 amide bonds. The number of nitrogens with one attached hydrogen (secondary N) is 1. The lowest BCUT2D eigenvalue weighted by molar-refractivity contribution is 0.122. The Morgan fingerprint density at radius 2 is 1.86 bits per heavy atom. The van der Waals surface area contributed by atoms with E-state index in [0.29, 0.717) is 6.54 Å². The molecule has 2 heterocycles. The van der Waals surface area contributed by atoms with Crippen molar-refractivity contribution >= 4 is 22.3 Å². The van der Waals surface area contributed by atoms with Gasteiger partial charge in [0.1, 0.15) is 5.75 Å². The second-order valence-corrected chi connectivity index (χ2v) is 7.21. The van der Waals surface area contributed by atoms with Crippen LogP contribution in [0.3, 0.4) is 0 Å². The van der Waals surface area contributed by atoms with E-state index in [-0.39, 0.29) is 5.56 Å². The lowest BCUT2D eigenvalue weighted by Crippen LogP contribution is -2.36. The zero-order valence-corrected chi connectivity index (χ0v) is 17.0. The number of pyridine rings is 1. The number of anilines is 2. The van der Waals surface area contributed by atoms with E-state index in [1.165, 1.54) is 5.69 Å². The van der Waals surface area contributed by atoms with Crippen molar-refractivity contribution in [3.05, 3.63) is 64.4 Å². The summed E-state index contributed by atoms with van der Waals surface area (Å²) in [5.41, 5.74) is 3.80. The summed E-state index contributed by atoms with van der Waals surface area (Å²) in [6, 6.07) is 16.3. The van der Waals surface area contributed by atoms with Crippen molar-refractivity contribution < 1.29 is 9.47 Å². The smallest absolute Gasteiger partial charge is 0.253 e. The molecule has 0 aliphatic carbocycles. The van der Waals surface area contributed by atoms with Gasteiger partial charge in [-0.05, 0) is 54.8 Å². The maximum absolute atomic E-state index is 12.6. The zero-order valence-electron chi connectivity index (χ0n) is 17.0. The highest BCUT2D eigenvalue weighted by molar-refractivity contribution is 5.80. The number of rotatable bonds is 6. The standard InChI is InChI=1S/C23H27N3O3/c1-3-25(19-5-7-20(8-6-19)26-10-12-29-13-11-26)16-18-14-17-4-9-21(28-2)15-22(17)24-23(18)27/h4-9,14-15H,3,10-13,16H2,1-2H3,(H,24,27). The van der Waals surface area contributed by atoms with E-state index in [1.54, 1.807) is 7.11 Å². The fourth-order valence-electron chi connectivity index (χ4n) is 3.76. The molecule has 0 radical (unpaired) electrons. The Balaban J connectivity index is 1.55. The van der Waals surface area contributed by atoms with Gasteiger partial charge in [-0.1, -0.05) is 0 Å². The Bertz CT molecular complexity index is 1020. The van der Waals surface area contributed by atoms with Gasteiger partial charge in [-0.15, -0.1) is 0 Å². The third-order valence-electron chi connectivity index (χ3n) is 5.46. The third kappa shape index (κ3) is 4.22. The quantitative estimate of drug-likeness (QED) is 0.696. The molecule has 0 spiro atoms. The first-order valence-corrected chi connectivity index (χ1v) is 10.1. The van der Waals surface area contributed by atoms with Crippen LogP contribution in [0.25, 0.3) is 10.9 Å². The molecule has 1 N–H and O–H groups in total. The lowest BCUT2D eigenvalue weighted by Gasteiger charge is -2.29. The number of hydrogen-bond acceptors (Lipinski definition) is 5. The summed E-state index contributed by atoms with van der Waals surface area (Å²) in [4.78, 5) is 20.2. The largest absolute Gasteiger partial charge is 0.497 e. The fraction of sp³-hybridized carbons (Fsp3) is 0.348. The number of morpholine rings is 1. The second kappa shape index (κ2) is 8.57. The highest BCUT2D eigenvalue weighted by atomic mass is 16.5. The van der Waals surface area contributed by atoms with Crippen LogP contribution < -0.4 is 20.1 Å². The SMILES string of the molecule is CCN(Cc1cc2ccc(OC)cc2[nH]c1=O)c1ccc(N2CCOCC2)cc1. The predicted molar refractivity (Wildman–Crippen MR) is 117 cm³/mol. The van der Waals surface area contributed by atoms with E-state index in [1.807, 2.05) is 24.3 Å². The molecule has 0 bridgehead atoms. The molecule has 2 aromatic carbocycles. The Kier molecular flexibility index (Phi) is 5.71. The molecule has 6 nitrogen and oxygen atoms in total. The fourth-order valence-corrected chi connectivity index (χ4v) is 3.76. The first-order valence-electron chi connectivity index (χ1n) is 10.1. The van der Waals surface area contributed by atoms with Crippen molar-refractivity contribution in [3.8, 4) is 5.75 Å². The zero-order chi connectivity index (χ0) is 20.2. The monoisotopic (exact) mass is 393 g/mol. The molecule has 152 valence electrons. The van der Waals surface area contributed by atoms with Gasteiger partial charge < -0.3 is 24.3 Å². The molecule has 1 fully saturated rings. The average Bonchev–Trinajstić information content (AvgIpc) is 2.78. The lowest BCUT2D eigenvalue weighted by atomic mass is 10.1. The van der Waals surface area contributed by atoms with Crippen molar-refractivity contribution in [1.29, 1.82) is 0 Å². The van der Waals surface area contributed by atoms with Crippen LogP contribution in [0.1, 0.15) is 12.5 Å². The van der Waals surface area contributed by atoms with Gasteiger partial charge in [0.2, 0.25) is 0 Å². The van der Waals surface area contributed by atoms with Gasteiger partial charge in [-0.25, -0.2) is 0 Å². The van der Waals surface area contributed by atoms with Crippen LogP contribution in [0.15, 0.2) is 53.3 Å². The van der Waals surface area contributed by atoms with Gasteiger partial charge in [-0.2, -0.15) is 0 Å². The summed E-state index contributed by atoms with van der Waals surface area (Å²) in [7, 11) is 1.62. The molecular weight excluding hydrogens is 366 g/mol. The predicted octanol–water partition coefficient (Wildman–Crippen LogP) is 3.40. The number of H-pyrrole nitrogens is 1. The highest BCUT2D eigenvalue weighted by Gasteiger charge is 2.13. The van der Waals surface area contributed by atoms with E-state index in [0.717, 1.165) is 60.8 Å². The Morgan fingerprint density at radius 3 is 2.55 bits per heavy atom. The van der Waals surface area contributed by atoms with E-state index < -0.39 is 0 Å². The third-order valence-corrected chi connectivity index (χ3v) is 5.46. The summed E-state index contributed by atoms with van der Waals surface area (Å²) >= 11 is 0. The average molecular weight is 393 g/mol. The van der Waals surface area contributed by atoms with Crippen molar-refractivity contribution in [3.63, 3.8) is 0 Å². The minimum Gasteiger partial charge on any atom is -0.497 e. The molecular formula is C23H27N3O3. The van der Waals surface area contributed by atoms with E-state index >= 15 is 0 Å². The van der Waals surface area contributed by atoms with E-state index in [9.17, 15) is 4.79 Å². The van der Waals surface area contributed by atoms with Crippen LogP contribution in [0.2, 0.25) is 0 Å². The number of methoxy groups -OCH3 is 1. The van der Waals surface area contributed by atoms with Crippen LogP contribution in [0, 0.1) is 0 Å². The maximum atomic E-state index is 12.6. The number of fused-ring (bicyclic) bond motifs is 1. The first-order chi connectivity index (χ1) is 14.2. The molecule has 0 saturated carbocycles. The number of nitrogens with zero attached hydrogens (tertiary/aromatic N) is 2. The van der Waals surface area contributed by atoms with Crippen molar-refractivity contribution in [2.75, 3.05) is 49.8 Å². The number of aromatic nitrogens is 1. The van der Waals surface area contributed by atoms with Gasteiger partial charge in [-0.3, -0.25) is 4.79 Å². The van der Waals surface area contributed by atoms with Crippen LogP contribution in [-0.2, 0) is 11.3 Å². The topological polar surface area (TPSA) is 57.8 Å². The maximum Gasteiger partial charge on any atom is 0.253 e. The normalized spacial score (nSPS) is 14.2. The van der Waals surface area contributed by atoms with Crippen LogP contribution in [-0.4, -0.2) is 44.9 Å². The van der Waals surface area contributed by atoms with Crippen molar-refractivity contribution in [2.24, 2.45) is 0 Å². The summed E-state index contributed by atoms with van der Waals surface area (Å²) in [5.74, 6) is 0.733. The van der Waals surface area contributed by atoms with Crippen molar-refractivity contribution in [2.45, 2.75) is 13.5 Å². The van der Waals surface area contributed by atoms with Crippen LogP contribution in [0.5, 0.6) is 5.75 Å². The molecule has 0 atom stereocenters. The molecule has 1 aromatic heterocycles. The van der Waals surface area contributed by atoms with Crippen LogP contribution in [0.4, 0.5) is 11.4 Å². The van der Waals surface area contributed by atoms with Gasteiger partial charge in [0.15, 0.2) is 0 Å². The van der Waals surface area contributed by atoms with E-state index in [4.69, 9.17) is 9.47 Å². The summed E-state index contributed by atoms with van der Waals surface area (Å²) < 4.78 is 10.7. The van der Waals surface area contributed by atoms with Gasteiger partial charge >= 0.3 is 0 Å². The first kappa shape index (κ1) is 19.3. The van der Waals surface area contributed by atoms with Gasteiger partial charge in [0, 0.05) is 49.2 Å². The summed E-state index contributed by atoms with van der Waals surface area (Å²) in [5, 5.41) is 0.999. The molecule has 3 aromatic rings. The molecule has 1 aliphatic heterocycles. The summed E-state index contributed by atoms with van der Waals surface area (Å²) in [6.45, 7) is 6.89. The number of ether oxygens (including phenoxy) is 2. The molecule has 1 saturated heterocycles. The van der Waals surface area contributed by atoms with E-state index in [2.05, 4.69) is 46.0 Å². The molecule has 6 heteroatoms. The number of hydrogen-bond donors (Lipinski definition) is 1. The Morgan fingerprint density at radius 1 is 1.10 bits per heavy atom. The minimum absolute atomic E-state index is 0.0610. The molecule has 29 heavy (non-hydrogen) atoms. The van der Waals surface area contributed by atoms with Crippen molar-refractivity contribution in [1.82, 2.24) is 4.98 Å². The van der Waals surface area contributed by atoms with Gasteiger partial charge in [0.25, 0.3) is 5.56 Å².